The molecule has 2 saturated carbocycles. The molecule has 2 aliphatic rings. The molecule has 0 aliphatic heterocycles. The SMILES string of the molecule is O=C(OCC1CC1)c1cc2scc(Br)c2n1CC1CC1. The van der Waals surface area contributed by atoms with E-state index in [4.69, 9.17) is 4.74 Å². The Morgan fingerprint density at radius 1 is 1.35 bits per heavy atom. The molecule has 3 nitrogen and oxygen atoms in total. The molecule has 0 aromatic carbocycles. The van der Waals surface area contributed by atoms with Crippen molar-refractivity contribution in [3.8, 4) is 0 Å². The number of hydrogen-bond acceptors (Lipinski definition) is 3. The smallest absolute Gasteiger partial charge is 0.355 e. The summed E-state index contributed by atoms with van der Waals surface area (Å²) < 4.78 is 9.86. The predicted molar refractivity (Wildman–Crippen MR) is 83.2 cm³/mol. The molecule has 0 unspecified atom stereocenters. The first-order chi connectivity index (χ1) is 9.72. The van der Waals surface area contributed by atoms with Gasteiger partial charge < -0.3 is 9.30 Å². The van der Waals surface area contributed by atoms with E-state index in [0.717, 1.165) is 32.8 Å². The van der Waals surface area contributed by atoms with Gasteiger partial charge >= 0.3 is 5.97 Å². The second kappa shape index (κ2) is 4.88. The number of thiophene rings is 1. The number of rotatable bonds is 5. The molecule has 2 aromatic heterocycles. The average molecular weight is 354 g/mol. The van der Waals surface area contributed by atoms with Gasteiger partial charge in [-0.3, -0.25) is 0 Å². The van der Waals surface area contributed by atoms with Crippen LogP contribution in [0.1, 0.15) is 36.2 Å². The van der Waals surface area contributed by atoms with Crippen LogP contribution in [-0.2, 0) is 11.3 Å². The van der Waals surface area contributed by atoms with Gasteiger partial charge in [-0.25, -0.2) is 4.79 Å². The van der Waals surface area contributed by atoms with Crippen LogP contribution in [0.2, 0.25) is 0 Å². The summed E-state index contributed by atoms with van der Waals surface area (Å²) in [5.41, 5.74) is 1.88. The molecule has 0 radical (unpaired) electrons. The molecule has 0 saturated heterocycles. The number of carbonyl (C=O) groups excluding carboxylic acids is 1. The van der Waals surface area contributed by atoms with Gasteiger partial charge in [0.05, 0.1) is 21.3 Å². The van der Waals surface area contributed by atoms with Crippen LogP contribution in [-0.4, -0.2) is 17.1 Å². The minimum absolute atomic E-state index is 0.159. The van der Waals surface area contributed by atoms with Crippen LogP contribution in [0.25, 0.3) is 10.2 Å². The molecule has 20 heavy (non-hydrogen) atoms. The summed E-state index contributed by atoms with van der Waals surface area (Å²) in [6, 6.07) is 1.99. The second-order valence-electron chi connectivity index (χ2n) is 5.92. The maximum Gasteiger partial charge on any atom is 0.355 e. The van der Waals surface area contributed by atoms with E-state index in [-0.39, 0.29) is 5.97 Å². The Morgan fingerprint density at radius 2 is 2.10 bits per heavy atom. The normalized spacial score (nSPS) is 18.6. The third-order valence-corrected chi connectivity index (χ3v) is 5.90. The molecule has 2 aliphatic carbocycles. The predicted octanol–water partition coefficient (Wildman–Crippen LogP) is 4.44. The van der Waals surface area contributed by atoms with E-state index in [9.17, 15) is 4.79 Å². The number of nitrogens with zero attached hydrogens (tertiary/aromatic N) is 1. The number of ether oxygens (including phenoxy) is 1. The molecule has 5 heteroatoms. The van der Waals surface area contributed by atoms with Crippen molar-refractivity contribution in [3.05, 3.63) is 21.6 Å². The molecule has 4 rings (SSSR count). The zero-order chi connectivity index (χ0) is 13.7. The van der Waals surface area contributed by atoms with Crippen LogP contribution in [0.5, 0.6) is 0 Å². The highest BCUT2D eigenvalue weighted by Crippen LogP contribution is 2.38. The number of esters is 1. The minimum atomic E-state index is -0.159. The zero-order valence-electron chi connectivity index (χ0n) is 11.1. The zero-order valence-corrected chi connectivity index (χ0v) is 13.5. The summed E-state index contributed by atoms with van der Waals surface area (Å²) in [5.74, 6) is 1.18. The Hall–Kier alpha value is -0.810. The van der Waals surface area contributed by atoms with Crippen LogP contribution in [0.15, 0.2) is 15.9 Å². The number of hydrogen-bond donors (Lipinski definition) is 0. The molecule has 0 atom stereocenters. The Bertz CT molecular complexity index is 667. The highest BCUT2D eigenvalue weighted by atomic mass is 79.9. The van der Waals surface area contributed by atoms with Gasteiger partial charge in [0.15, 0.2) is 0 Å². The Balaban J connectivity index is 1.66. The summed E-state index contributed by atoms with van der Waals surface area (Å²) in [5, 5.41) is 2.09. The van der Waals surface area contributed by atoms with E-state index in [1.165, 1.54) is 25.7 Å². The summed E-state index contributed by atoms with van der Waals surface area (Å²) >= 11 is 5.28. The third kappa shape index (κ3) is 2.42. The molecular formula is C15H16BrNO2S. The van der Waals surface area contributed by atoms with Crippen molar-refractivity contribution < 1.29 is 9.53 Å². The van der Waals surface area contributed by atoms with Gasteiger partial charge in [-0.2, -0.15) is 0 Å². The van der Waals surface area contributed by atoms with Gasteiger partial charge in [0.2, 0.25) is 0 Å². The molecule has 0 amide bonds. The van der Waals surface area contributed by atoms with Crippen LogP contribution in [0.3, 0.4) is 0 Å². The van der Waals surface area contributed by atoms with Crippen molar-refractivity contribution in [2.75, 3.05) is 6.61 Å². The number of carbonyl (C=O) groups is 1. The lowest BCUT2D eigenvalue weighted by molar-refractivity contribution is 0.0474. The number of halogens is 1. The summed E-state index contributed by atoms with van der Waals surface area (Å²) in [7, 11) is 0. The lowest BCUT2D eigenvalue weighted by atomic mass is 10.3. The highest BCUT2D eigenvalue weighted by molar-refractivity contribution is 9.10. The van der Waals surface area contributed by atoms with E-state index in [1.807, 2.05) is 6.07 Å². The Kier molecular flexibility index (Phi) is 3.15. The van der Waals surface area contributed by atoms with Gasteiger partial charge in [-0.1, -0.05) is 0 Å². The van der Waals surface area contributed by atoms with Crippen LogP contribution < -0.4 is 0 Å². The summed E-state index contributed by atoms with van der Waals surface area (Å²) in [6.45, 7) is 1.52. The Morgan fingerprint density at radius 3 is 2.80 bits per heavy atom. The largest absolute Gasteiger partial charge is 0.461 e. The van der Waals surface area contributed by atoms with Crippen LogP contribution >= 0.6 is 27.3 Å². The second-order valence-corrected chi connectivity index (χ2v) is 7.69. The first-order valence-corrected chi connectivity index (χ1v) is 8.83. The molecule has 2 aromatic rings. The third-order valence-electron chi connectivity index (χ3n) is 4.07. The van der Waals surface area contributed by atoms with E-state index in [2.05, 4.69) is 25.9 Å². The van der Waals surface area contributed by atoms with E-state index in [1.54, 1.807) is 11.3 Å². The van der Waals surface area contributed by atoms with Crippen molar-refractivity contribution in [2.24, 2.45) is 11.8 Å². The lowest BCUT2D eigenvalue weighted by Crippen LogP contribution is -2.14. The highest BCUT2D eigenvalue weighted by Gasteiger charge is 2.28. The Labute approximate surface area is 130 Å². The number of fused-ring (bicyclic) bond motifs is 1. The summed E-state index contributed by atoms with van der Waals surface area (Å²) in [4.78, 5) is 12.3. The molecule has 0 bridgehead atoms. The maximum absolute atomic E-state index is 12.3. The van der Waals surface area contributed by atoms with Crippen molar-refractivity contribution in [3.63, 3.8) is 0 Å². The molecule has 0 N–H and O–H groups in total. The average Bonchev–Trinajstić information content (AvgIpc) is 3.33. The van der Waals surface area contributed by atoms with Crippen molar-refractivity contribution in [1.29, 1.82) is 0 Å². The van der Waals surface area contributed by atoms with Gasteiger partial charge in [0, 0.05) is 11.9 Å². The standard InChI is InChI=1S/C15H16BrNO2S/c16-11-8-20-13-5-12(15(18)19-7-10-3-4-10)17(14(11)13)6-9-1-2-9/h5,8-10H,1-4,6-7H2. The monoisotopic (exact) mass is 353 g/mol. The first-order valence-electron chi connectivity index (χ1n) is 7.15. The molecule has 2 heterocycles. The van der Waals surface area contributed by atoms with Crippen LogP contribution in [0.4, 0.5) is 0 Å². The molecule has 0 spiro atoms. The fraction of sp³-hybridized carbons (Fsp3) is 0.533. The molecular weight excluding hydrogens is 338 g/mol. The van der Waals surface area contributed by atoms with Crippen LogP contribution in [0, 0.1) is 11.8 Å². The topological polar surface area (TPSA) is 31.2 Å². The minimum Gasteiger partial charge on any atom is -0.461 e. The van der Waals surface area contributed by atoms with Gasteiger partial charge in [0.25, 0.3) is 0 Å². The summed E-state index contributed by atoms with van der Waals surface area (Å²) in [6.07, 6.45) is 4.96. The van der Waals surface area contributed by atoms with Crippen molar-refractivity contribution >= 4 is 43.5 Å². The van der Waals surface area contributed by atoms with Crippen molar-refractivity contribution in [2.45, 2.75) is 32.2 Å². The van der Waals surface area contributed by atoms with Gasteiger partial charge in [-0.05, 0) is 59.5 Å². The fourth-order valence-electron chi connectivity index (χ4n) is 2.50. The number of aromatic nitrogens is 1. The van der Waals surface area contributed by atoms with Gasteiger partial charge in [0.1, 0.15) is 5.69 Å². The molecule has 2 fully saturated rings. The maximum atomic E-state index is 12.3. The first kappa shape index (κ1) is 12.9. The lowest BCUT2D eigenvalue weighted by Gasteiger charge is -2.10. The molecule has 106 valence electrons. The van der Waals surface area contributed by atoms with E-state index >= 15 is 0 Å². The van der Waals surface area contributed by atoms with E-state index < -0.39 is 0 Å². The van der Waals surface area contributed by atoms with Crippen molar-refractivity contribution in [1.82, 2.24) is 4.57 Å². The van der Waals surface area contributed by atoms with E-state index in [0.29, 0.717) is 12.5 Å². The van der Waals surface area contributed by atoms with Gasteiger partial charge in [-0.15, -0.1) is 11.3 Å². The fourth-order valence-corrected chi connectivity index (χ4v) is 4.19. The quantitative estimate of drug-likeness (QED) is 0.744.